The number of hydrogen-bond donors (Lipinski definition) is 1. The highest BCUT2D eigenvalue weighted by molar-refractivity contribution is 7.10. The summed E-state index contributed by atoms with van der Waals surface area (Å²) < 4.78 is 5.24. The van der Waals surface area contributed by atoms with Gasteiger partial charge in [-0.15, -0.1) is 11.3 Å². The number of carboxylic acid groups (broad SMARTS) is 1. The molecule has 2 unspecified atom stereocenters. The van der Waals surface area contributed by atoms with Crippen molar-refractivity contribution >= 4 is 17.3 Å². The fourth-order valence-electron chi connectivity index (χ4n) is 2.22. The van der Waals surface area contributed by atoms with Gasteiger partial charge < -0.3 is 9.84 Å². The molecule has 2 atom stereocenters. The van der Waals surface area contributed by atoms with E-state index in [0.717, 1.165) is 13.0 Å². The third kappa shape index (κ3) is 2.86. The molecule has 4 nitrogen and oxygen atoms in total. The van der Waals surface area contributed by atoms with E-state index >= 15 is 0 Å². The Bertz CT molecular complexity index is 366. The van der Waals surface area contributed by atoms with Crippen molar-refractivity contribution in [2.75, 3.05) is 19.7 Å². The molecule has 0 spiro atoms. The van der Waals surface area contributed by atoms with Gasteiger partial charge in [-0.1, -0.05) is 13.0 Å². The highest BCUT2D eigenvalue weighted by atomic mass is 32.1. The molecular formula is C12H17NO3S. The van der Waals surface area contributed by atoms with E-state index in [-0.39, 0.29) is 0 Å². The van der Waals surface area contributed by atoms with Crippen LogP contribution in [0.4, 0.5) is 0 Å². The predicted molar refractivity (Wildman–Crippen MR) is 66.3 cm³/mol. The van der Waals surface area contributed by atoms with Crippen molar-refractivity contribution in [3.05, 3.63) is 22.4 Å². The number of thiophene rings is 1. The number of ether oxygens (including phenoxy) is 1. The SMILES string of the molecule is CCC(c1cccs1)N1CCOC(C(=O)O)C1. The molecule has 94 valence electrons. The van der Waals surface area contributed by atoms with E-state index in [0.29, 0.717) is 19.2 Å². The zero-order valence-corrected chi connectivity index (χ0v) is 10.7. The molecule has 1 aliphatic rings. The maximum atomic E-state index is 10.9. The summed E-state index contributed by atoms with van der Waals surface area (Å²) in [6, 6.07) is 4.47. The quantitative estimate of drug-likeness (QED) is 0.894. The van der Waals surface area contributed by atoms with Crippen LogP contribution in [0.15, 0.2) is 17.5 Å². The monoisotopic (exact) mass is 255 g/mol. The minimum absolute atomic E-state index is 0.320. The van der Waals surface area contributed by atoms with Gasteiger partial charge in [0.05, 0.1) is 6.61 Å². The summed E-state index contributed by atoms with van der Waals surface area (Å²) in [6.45, 7) is 3.92. The van der Waals surface area contributed by atoms with Crippen molar-refractivity contribution in [1.29, 1.82) is 0 Å². The summed E-state index contributed by atoms with van der Waals surface area (Å²) in [5, 5.41) is 11.1. The standard InChI is InChI=1S/C12H17NO3S/c1-2-9(11-4-3-7-17-11)13-5-6-16-10(8-13)12(14)15/h3-4,7,9-10H,2,5-6,8H2,1H3,(H,14,15). The summed E-state index contributed by atoms with van der Waals surface area (Å²) in [5.41, 5.74) is 0. The van der Waals surface area contributed by atoms with Crippen LogP contribution in [0.25, 0.3) is 0 Å². The molecule has 1 fully saturated rings. The second-order valence-electron chi connectivity index (χ2n) is 4.13. The van der Waals surface area contributed by atoms with E-state index in [1.807, 2.05) is 6.07 Å². The van der Waals surface area contributed by atoms with E-state index in [9.17, 15) is 4.79 Å². The van der Waals surface area contributed by atoms with Crippen LogP contribution in [-0.2, 0) is 9.53 Å². The average Bonchev–Trinajstić information content (AvgIpc) is 2.84. The molecule has 2 rings (SSSR count). The van der Waals surface area contributed by atoms with E-state index < -0.39 is 12.1 Å². The minimum atomic E-state index is -0.865. The molecule has 5 heteroatoms. The van der Waals surface area contributed by atoms with Crippen LogP contribution >= 0.6 is 11.3 Å². The van der Waals surface area contributed by atoms with Gasteiger partial charge in [-0.3, -0.25) is 4.90 Å². The van der Waals surface area contributed by atoms with Gasteiger partial charge in [0.2, 0.25) is 0 Å². The summed E-state index contributed by atoms with van der Waals surface area (Å²) in [5.74, 6) is -0.865. The zero-order chi connectivity index (χ0) is 12.3. The van der Waals surface area contributed by atoms with Crippen molar-refractivity contribution < 1.29 is 14.6 Å². The van der Waals surface area contributed by atoms with Crippen LogP contribution < -0.4 is 0 Å². The number of aliphatic carboxylic acids is 1. The second kappa shape index (κ2) is 5.62. The van der Waals surface area contributed by atoms with Gasteiger partial charge in [-0.05, 0) is 17.9 Å². The Morgan fingerprint density at radius 1 is 1.76 bits per heavy atom. The van der Waals surface area contributed by atoms with Crippen LogP contribution in [-0.4, -0.2) is 41.8 Å². The molecule has 17 heavy (non-hydrogen) atoms. The van der Waals surface area contributed by atoms with Crippen LogP contribution in [0.5, 0.6) is 0 Å². The number of hydrogen-bond acceptors (Lipinski definition) is 4. The summed E-state index contributed by atoms with van der Waals surface area (Å²) in [4.78, 5) is 14.5. The van der Waals surface area contributed by atoms with Crippen molar-refractivity contribution in [3.8, 4) is 0 Å². The van der Waals surface area contributed by atoms with Gasteiger partial charge in [0.1, 0.15) is 0 Å². The lowest BCUT2D eigenvalue weighted by Crippen LogP contribution is -2.47. The van der Waals surface area contributed by atoms with Crippen molar-refractivity contribution in [2.45, 2.75) is 25.5 Å². The first-order chi connectivity index (χ1) is 8.22. The van der Waals surface area contributed by atoms with Crippen LogP contribution in [0.3, 0.4) is 0 Å². The van der Waals surface area contributed by atoms with E-state index in [1.165, 1.54) is 4.88 Å². The maximum absolute atomic E-state index is 10.9. The lowest BCUT2D eigenvalue weighted by molar-refractivity contribution is -0.157. The molecule has 1 N–H and O–H groups in total. The molecule has 0 radical (unpaired) electrons. The lowest BCUT2D eigenvalue weighted by atomic mass is 10.1. The molecule has 0 amide bonds. The number of morpholine rings is 1. The molecule has 1 aromatic heterocycles. The largest absolute Gasteiger partial charge is 0.479 e. The first kappa shape index (κ1) is 12.5. The lowest BCUT2D eigenvalue weighted by Gasteiger charge is -2.36. The van der Waals surface area contributed by atoms with E-state index in [4.69, 9.17) is 9.84 Å². The van der Waals surface area contributed by atoms with Gasteiger partial charge in [0, 0.05) is 24.0 Å². The molecule has 0 saturated carbocycles. The molecule has 2 heterocycles. The van der Waals surface area contributed by atoms with Crippen LogP contribution in [0.1, 0.15) is 24.3 Å². The zero-order valence-electron chi connectivity index (χ0n) is 9.83. The van der Waals surface area contributed by atoms with Gasteiger partial charge in [0.25, 0.3) is 0 Å². The van der Waals surface area contributed by atoms with Gasteiger partial charge in [-0.25, -0.2) is 4.79 Å². The third-order valence-electron chi connectivity index (χ3n) is 3.07. The highest BCUT2D eigenvalue weighted by Crippen LogP contribution is 2.29. The van der Waals surface area contributed by atoms with Crippen molar-refractivity contribution in [3.63, 3.8) is 0 Å². The first-order valence-corrected chi connectivity index (χ1v) is 6.72. The topological polar surface area (TPSA) is 49.8 Å². The number of nitrogens with zero attached hydrogens (tertiary/aromatic N) is 1. The maximum Gasteiger partial charge on any atom is 0.334 e. The summed E-state index contributed by atoms with van der Waals surface area (Å²) >= 11 is 1.73. The van der Waals surface area contributed by atoms with Crippen LogP contribution in [0.2, 0.25) is 0 Å². The van der Waals surface area contributed by atoms with Crippen molar-refractivity contribution in [2.24, 2.45) is 0 Å². The fraction of sp³-hybridized carbons (Fsp3) is 0.583. The fourth-order valence-corrected chi connectivity index (χ4v) is 3.17. The Labute approximate surface area is 105 Å². The molecule has 1 aromatic rings. The average molecular weight is 255 g/mol. The van der Waals surface area contributed by atoms with E-state index in [1.54, 1.807) is 11.3 Å². The molecule has 0 aliphatic carbocycles. The normalized spacial score (nSPS) is 23.5. The molecular weight excluding hydrogens is 238 g/mol. The Balaban J connectivity index is 2.07. The predicted octanol–water partition coefficient (Wildman–Crippen LogP) is 1.98. The summed E-state index contributed by atoms with van der Waals surface area (Å²) in [7, 11) is 0. The van der Waals surface area contributed by atoms with Gasteiger partial charge in [0.15, 0.2) is 6.10 Å². The number of rotatable bonds is 4. The Kier molecular flexibility index (Phi) is 4.15. The molecule has 1 aliphatic heterocycles. The van der Waals surface area contributed by atoms with Gasteiger partial charge in [-0.2, -0.15) is 0 Å². The summed E-state index contributed by atoms with van der Waals surface area (Å²) in [6.07, 6.45) is 0.310. The molecule has 1 saturated heterocycles. The Morgan fingerprint density at radius 3 is 3.18 bits per heavy atom. The van der Waals surface area contributed by atoms with E-state index in [2.05, 4.69) is 23.3 Å². The minimum Gasteiger partial charge on any atom is -0.479 e. The second-order valence-corrected chi connectivity index (χ2v) is 5.11. The Hall–Kier alpha value is -0.910. The molecule has 0 aromatic carbocycles. The smallest absolute Gasteiger partial charge is 0.334 e. The van der Waals surface area contributed by atoms with Crippen molar-refractivity contribution in [1.82, 2.24) is 4.90 Å². The van der Waals surface area contributed by atoms with Crippen LogP contribution in [0, 0.1) is 0 Å². The third-order valence-corrected chi connectivity index (χ3v) is 4.05. The number of carboxylic acids is 1. The highest BCUT2D eigenvalue weighted by Gasteiger charge is 2.30. The Morgan fingerprint density at radius 2 is 2.59 bits per heavy atom. The van der Waals surface area contributed by atoms with Gasteiger partial charge >= 0.3 is 5.97 Å². The molecule has 0 bridgehead atoms. The first-order valence-electron chi connectivity index (χ1n) is 5.84. The number of carbonyl (C=O) groups is 1.